The number of aromatic nitrogens is 1. The molecule has 68 valence electrons. The van der Waals surface area contributed by atoms with Gasteiger partial charge in [0.05, 0.1) is 12.6 Å². The monoisotopic (exact) mass is 192 g/mol. The van der Waals surface area contributed by atoms with E-state index in [2.05, 4.69) is 4.98 Å². The number of pyridine rings is 1. The molecule has 0 aliphatic carbocycles. The third kappa shape index (κ3) is 2.41. The molecule has 0 amide bonds. The van der Waals surface area contributed by atoms with Crippen molar-refractivity contribution in [2.45, 2.75) is 6.04 Å². The lowest BCUT2D eigenvalue weighted by Gasteiger charge is -2.07. The first-order chi connectivity index (χ1) is 5.25. The Labute approximate surface area is 75.8 Å². The molecule has 1 aromatic heterocycles. The molecule has 1 heterocycles. The third-order valence-electron chi connectivity index (χ3n) is 1.38. The van der Waals surface area contributed by atoms with E-state index in [1.165, 1.54) is 12.3 Å². The largest absolute Gasteiger partial charge is 0.394 e. The first-order valence-corrected chi connectivity index (χ1v) is 3.22. The number of aliphatic hydroxyl groups excluding tert-OH is 1. The molecule has 0 spiro atoms. The predicted molar refractivity (Wildman–Crippen MR) is 45.5 cm³/mol. The number of hydrogen-bond acceptors (Lipinski definition) is 3. The van der Waals surface area contributed by atoms with Crippen LogP contribution in [-0.4, -0.2) is 16.7 Å². The van der Waals surface area contributed by atoms with Gasteiger partial charge in [0, 0.05) is 11.8 Å². The van der Waals surface area contributed by atoms with Crippen LogP contribution in [0.4, 0.5) is 4.39 Å². The summed E-state index contributed by atoms with van der Waals surface area (Å²) < 4.78 is 12.7. The van der Waals surface area contributed by atoms with Crippen molar-refractivity contribution >= 4 is 12.4 Å². The Morgan fingerprint density at radius 3 is 2.83 bits per heavy atom. The lowest BCUT2D eigenvalue weighted by atomic mass is 10.1. The fourth-order valence-electron chi connectivity index (χ4n) is 0.773. The van der Waals surface area contributed by atoms with Crippen LogP contribution in [0.2, 0.25) is 0 Å². The number of rotatable bonds is 2. The molecule has 0 aliphatic rings. The molecule has 0 unspecified atom stereocenters. The normalized spacial score (nSPS) is 11.9. The molecule has 0 fully saturated rings. The Balaban J connectivity index is 0.00000121. The topological polar surface area (TPSA) is 59.1 Å². The maximum atomic E-state index is 12.7. The fraction of sp³-hybridized carbons (Fsp3) is 0.286. The SMILES string of the molecule is Cl.N[C@@H](CO)c1cccnc1F. The van der Waals surface area contributed by atoms with E-state index in [1.54, 1.807) is 6.07 Å². The quantitative estimate of drug-likeness (QED) is 0.676. The molecule has 1 atom stereocenters. The van der Waals surface area contributed by atoms with E-state index in [0.717, 1.165) is 0 Å². The van der Waals surface area contributed by atoms with Crippen LogP contribution in [0, 0.1) is 5.95 Å². The van der Waals surface area contributed by atoms with Gasteiger partial charge < -0.3 is 10.8 Å². The molecule has 1 aromatic rings. The van der Waals surface area contributed by atoms with Crippen LogP contribution in [0.1, 0.15) is 11.6 Å². The lowest BCUT2D eigenvalue weighted by Crippen LogP contribution is -2.16. The predicted octanol–water partition coefficient (Wildman–Crippen LogP) is 0.635. The zero-order chi connectivity index (χ0) is 8.27. The van der Waals surface area contributed by atoms with Crippen molar-refractivity contribution in [2.24, 2.45) is 5.73 Å². The molecule has 0 aliphatic heterocycles. The van der Waals surface area contributed by atoms with E-state index in [4.69, 9.17) is 10.8 Å². The summed E-state index contributed by atoms with van der Waals surface area (Å²) in [6.45, 7) is -0.275. The van der Waals surface area contributed by atoms with Crippen molar-refractivity contribution in [1.29, 1.82) is 0 Å². The Morgan fingerprint density at radius 1 is 1.67 bits per heavy atom. The molecule has 0 bridgehead atoms. The molecule has 12 heavy (non-hydrogen) atoms. The number of aliphatic hydroxyl groups is 1. The number of hydrogen-bond donors (Lipinski definition) is 2. The summed E-state index contributed by atoms with van der Waals surface area (Å²) in [5.74, 6) is -0.617. The maximum absolute atomic E-state index is 12.7. The van der Waals surface area contributed by atoms with Crippen molar-refractivity contribution in [3.05, 3.63) is 29.8 Å². The minimum absolute atomic E-state index is 0. The van der Waals surface area contributed by atoms with E-state index in [9.17, 15) is 4.39 Å². The molecule has 0 aromatic carbocycles. The van der Waals surface area contributed by atoms with Gasteiger partial charge in [0.25, 0.3) is 0 Å². The highest BCUT2D eigenvalue weighted by Gasteiger charge is 2.09. The van der Waals surface area contributed by atoms with Gasteiger partial charge >= 0.3 is 0 Å². The van der Waals surface area contributed by atoms with Gasteiger partial charge in [-0.2, -0.15) is 4.39 Å². The number of nitrogens with zero attached hydrogens (tertiary/aromatic N) is 1. The maximum Gasteiger partial charge on any atom is 0.217 e. The molecule has 0 saturated carbocycles. The van der Waals surface area contributed by atoms with Crippen molar-refractivity contribution < 1.29 is 9.50 Å². The van der Waals surface area contributed by atoms with Crippen LogP contribution in [0.15, 0.2) is 18.3 Å². The summed E-state index contributed by atoms with van der Waals surface area (Å²) in [6, 6.07) is 2.40. The molecule has 3 nitrogen and oxygen atoms in total. The Kier molecular flexibility index (Phi) is 4.73. The van der Waals surface area contributed by atoms with Gasteiger partial charge in [-0.05, 0) is 6.07 Å². The first kappa shape index (κ1) is 11.3. The van der Waals surface area contributed by atoms with E-state index < -0.39 is 12.0 Å². The van der Waals surface area contributed by atoms with Crippen molar-refractivity contribution in [3.8, 4) is 0 Å². The minimum atomic E-state index is -0.677. The van der Waals surface area contributed by atoms with Crippen LogP contribution < -0.4 is 5.73 Å². The Bertz CT molecular complexity index is 247. The summed E-state index contributed by atoms with van der Waals surface area (Å²) in [7, 11) is 0. The fourth-order valence-corrected chi connectivity index (χ4v) is 0.773. The van der Waals surface area contributed by atoms with Crippen LogP contribution in [0.5, 0.6) is 0 Å². The highest BCUT2D eigenvalue weighted by Crippen LogP contribution is 2.10. The van der Waals surface area contributed by atoms with Crippen molar-refractivity contribution in [2.75, 3.05) is 6.61 Å². The highest BCUT2D eigenvalue weighted by atomic mass is 35.5. The van der Waals surface area contributed by atoms with Gasteiger partial charge in [-0.15, -0.1) is 12.4 Å². The Morgan fingerprint density at radius 2 is 2.33 bits per heavy atom. The molecular formula is C7H10ClFN2O. The second-order valence-electron chi connectivity index (χ2n) is 2.17. The number of halogens is 2. The van der Waals surface area contributed by atoms with Gasteiger partial charge in [0.1, 0.15) is 0 Å². The zero-order valence-electron chi connectivity index (χ0n) is 6.27. The van der Waals surface area contributed by atoms with Gasteiger partial charge in [-0.1, -0.05) is 6.07 Å². The second-order valence-corrected chi connectivity index (χ2v) is 2.17. The smallest absolute Gasteiger partial charge is 0.217 e. The third-order valence-corrected chi connectivity index (χ3v) is 1.38. The zero-order valence-corrected chi connectivity index (χ0v) is 7.09. The summed E-state index contributed by atoms with van der Waals surface area (Å²) >= 11 is 0. The molecule has 3 N–H and O–H groups in total. The average Bonchev–Trinajstić information content (AvgIpc) is 2.04. The van der Waals surface area contributed by atoms with Crippen LogP contribution in [0.25, 0.3) is 0 Å². The van der Waals surface area contributed by atoms with E-state index in [1.807, 2.05) is 0 Å². The molecule has 5 heteroatoms. The van der Waals surface area contributed by atoms with Gasteiger partial charge in [-0.25, -0.2) is 4.98 Å². The van der Waals surface area contributed by atoms with E-state index in [0.29, 0.717) is 0 Å². The van der Waals surface area contributed by atoms with Crippen LogP contribution in [0.3, 0.4) is 0 Å². The van der Waals surface area contributed by atoms with Gasteiger partial charge in [-0.3, -0.25) is 0 Å². The number of nitrogens with two attached hydrogens (primary N) is 1. The van der Waals surface area contributed by atoms with Crippen LogP contribution in [-0.2, 0) is 0 Å². The Hall–Kier alpha value is -0.710. The molecule has 0 radical (unpaired) electrons. The van der Waals surface area contributed by atoms with Crippen molar-refractivity contribution in [3.63, 3.8) is 0 Å². The lowest BCUT2D eigenvalue weighted by molar-refractivity contribution is 0.264. The minimum Gasteiger partial charge on any atom is -0.394 e. The molecule has 1 rings (SSSR count). The summed E-state index contributed by atoms with van der Waals surface area (Å²) in [4.78, 5) is 3.39. The summed E-state index contributed by atoms with van der Waals surface area (Å²) in [6.07, 6.45) is 1.34. The van der Waals surface area contributed by atoms with Crippen molar-refractivity contribution in [1.82, 2.24) is 4.98 Å². The van der Waals surface area contributed by atoms with Crippen LogP contribution >= 0.6 is 12.4 Å². The second kappa shape index (κ2) is 5.03. The highest BCUT2D eigenvalue weighted by molar-refractivity contribution is 5.85. The average molecular weight is 193 g/mol. The first-order valence-electron chi connectivity index (χ1n) is 3.22. The van der Waals surface area contributed by atoms with Gasteiger partial charge in [0.2, 0.25) is 5.95 Å². The standard InChI is InChI=1S/C7H9FN2O.ClH/c8-7-5(6(9)4-11)2-1-3-10-7;/h1-3,6,11H,4,9H2;1H/t6-;/m0./s1. The van der Waals surface area contributed by atoms with E-state index >= 15 is 0 Å². The summed E-state index contributed by atoms with van der Waals surface area (Å²) in [5, 5.41) is 8.59. The van der Waals surface area contributed by atoms with Gasteiger partial charge in [0.15, 0.2) is 0 Å². The molecule has 0 saturated heterocycles. The summed E-state index contributed by atoms with van der Waals surface area (Å²) in [5.41, 5.74) is 5.61. The van der Waals surface area contributed by atoms with E-state index in [-0.39, 0.29) is 24.6 Å². The molecular weight excluding hydrogens is 183 g/mol.